The lowest BCUT2D eigenvalue weighted by atomic mass is 10.2. The predicted octanol–water partition coefficient (Wildman–Crippen LogP) is 1.38. The Hall–Kier alpha value is -1.36. The Kier molecular flexibility index (Phi) is 5.15. The van der Waals surface area contributed by atoms with Crippen LogP contribution in [0, 0.1) is 6.92 Å². The highest BCUT2D eigenvalue weighted by atomic mass is 16.4. The number of aromatic nitrogens is 2. The molecule has 5 heteroatoms. The topological polar surface area (TPSA) is 58.4 Å². The van der Waals surface area contributed by atoms with Crippen molar-refractivity contribution in [3.8, 4) is 0 Å². The summed E-state index contributed by atoms with van der Waals surface area (Å²) in [5, 5.41) is 8.78. The molecule has 0 saturated carbocycles. The van der Waals surface area contributed by atoms with Crippen molar-refractivity contribution in [3.63, 3.8) is 0 Å². The molecule has 0 amide bonds. The second kappa shape index (κ2) is 6.39. The fraction of sp³-hybridized carbons (Fsp3) is 0.667. The number of likely N-dealkylation sites (N-methyl/N-ethyl adjacent to an activating group) is 1. The molecule has 1 unspecified atom stereocenters. The van der Waals surface area contributed by atoms with E-state index in [0.29, 0.717) is 0 Å². The van der Waals surface area contributed by atoms with Gasteiger partial charge in [-0.1, -0.05) is 6.92 Å². The largest absolute Gasteiger partial charge is 0.481 e. The minimum absolute atomic E-state index is 0.0707. The van der Waals surface area contributed by atoms with Gasteiger partial charge < -0.3 is 9.67 Å². The van der Waals surface area contributed by atoms with Crippen molar-refractivity contribution in [2.24, 2.45) is 0 Å². The number of aryl methyl sites for hydroxylation is 1. The molecule has 0 fully saturated rings. The SMILES string of the molecule is CCN(CCn1ccnc1C)C(C)CC(=O)O. The molecule has 0 aliphatic carbocycles. The minimum Gasteiger partial charge on any atom is -0.481 e. The average Bonchev–Trinajstić information content (AvgIpc) is 2.64. The van der Waals surface area contributed by atoms with Gasteiger partial charge >= 0.3 is 5.97 Å². The zero-order valence-electron chi connectivity index (χ0n) is 10.8. The summed E-state index contributed by atoms with van der Waals surface area (Å²) in [5.74, 6) is 0.252. The Morgan fingerprint density at radius 3 is 2.82 bits per heavy atom. The first kappa shape index (κ1) is 13.7. The van der Waals surface area contributed by atoms with Crippen molar-refractivity contribution in [3.05, 3.63) is 18.2 Å². The maximum absolute atomic E-state index is 10.7. The summed E-state index contributed by atoms with van der Waals surface area (Å²) < 4.78 is 2.08. The third kappa shape index (κ3) is 4.19. The Bertz CT molecular complexity index is 362. The Labute approximate surface area is 102 Å². The van der Waals surface area contributed by atoms with E-state index in [0.717, 1.165) is 25.5 Å². The summed E-state index contributed by atoms with van der Waals surface area (Å²) in [4.78, 5) is 17.0. The van der Waals surface area contributed by atoms with Gasteiger partial charge in [0.2, 0.25) is 0 Å². The lowest BCUT2D eigenvalue weighted by Crippen LogP contribution is -2.37. The summed E-state index contributed by atoms with van der Waals surface area (Å²) >= 11 is 0. The molecule has 1 aromatic rings. The summed E-state index contributed by atoms with van der Waals surface area (Å²) in [6.45, 7) is 8.54. The van der Waals surface area contributed by atoms with Crippen molar-refractivity contribution in [2.75, 3.05) is 13.1 Å². The number of imidazole rings is 1. The van der Waals surface area contributed by atoms with E-state index in [1.807, 2.05) is 20.0 Å². The van der Waals surface area contributed by atoms with Gasteiger partial charge in [-0.2, -0.15) is 0 Å². The van der Waals surface area contributed by atoms with E-state index < -0.39 is 5.97 Å². The molecule has 1 heterocycles. The molecule has 1 rings (SSSR count). The predicted molar refractivity (Wildman–Crippen MR) is 65.9 cm³/mol. The Morgan fingerprint density at radius 2 is 2.35 bits per heavy atom. The third-order valence-corrected chi connectivity index (χ3v) is 3.05. The fourth-order valence-electron chi connectivity index (χ4n) is 1.95. The lowest BCUT2D eigenvalue weighted by Gasteiger charge is -2.26. The van der Waals surface area contributed by atoms with E-state index in [1.165, 1.54) is 0 Å². The molecule has 0 radical (unpaired) electrons. The van der Waals surface area contributed by atoms with E-state index in [-0.39, 0.29) is 12.5 Å². The van der Waals surface area contributed by atoms with Gasteiger partial charge in [0.25, 0.3) is 0 Å². The van der Waals surface area contributed by atoms with Gasteiger partial charge in [-0.3, -0.25) is 9.69 Å². The van der Waals surface area contributed by atoms with Crippen LogP contribution >= 0.6 is 0 Å². The number of carboxylic acids is 1. The van der Waals surface area contributed by atoms with E-state index >= 15 is 0 Å². The molecular weight excluding hydrogens is 218 g/mol. The van der Waals surface area contributed by atoms with E-state index in [2.05, 4.69) is 21.4 Å². The lowest BCUT2D eigenvalue weighted by molar-refractivity contribution is -0.138. The highest BCUT2D eigenvalue weighted by Gasteiger charge is 2.15. The standard InChI is InChI=1S/C12H21N3O2/c1-4-14(10(2)9-12(16)17)7-8-15-6-5-13-11(15)3/h5-6,10H,4,7-9H2,1-3H3,(H,16,17). The molecule has 0 spiro atoms. The van der Waals surface area contributed by atoms with Crippen LogP contribution in [0.5, 0.6) is 0 Å². The van der Waals surface area contributed by atoms with Crippen molar-refractivity contribution in [2.45, 2.75) is 39.8 Å². The first-order valence-electron chi connectivity index (χ1n) is 5.98. The zero-order chi connectivity index (χ0) is 12.8. The maximum Gasteiger partial charge on any atom is 0.304 e. The van der Waals surface area contributed by atoms with Crippen LogP contribution in [0.15, 0.2) is 12.4 Å². The van der Waals surface area contributed by atoms with Crippen molar-refractivity contribution in [1.29, 1.82) is 0 Å². The van der Waals surface area contributed by atoms with Gasteiger partial charge in [-0.05, 0) is 20.4 Å². The second-order valence-electron chi connectivity index (χ2n) is 4.24. The fourth-order valence-corrected chi connectivity index (χ4v) is 1.95. The molecule has 0 aliphatic heterocycles. The van der Waals surface area contributed by atoms with Crippen LogP contribution in [0.3, 0.4) is 0 Å². The molecule has 0 aromatic carbocycles. The average molecular weight is 239 g/mol. The van der Waals surface area contributed by atoms with Crippen LogP contribution in [0.4, 0.5) is 0 Å². The normalized spacial score (nSPS) is 12.9. The van der Waals surface area contributed by atoms with Crippen LogP contribution in [0.2, 0.25) is 0 Å². The van der Waals surface area contributed by atoms with Gasteiger partial charge in [-0.25, -0.2) is 4.98 Å². The number of rotatable bonds is 7. The molecule has 17 heavy (non-hydrogen) atoms. The van der Waals surface area contributed by atoms with E-state index in [4.69, 9.17) is 5.11 Å². The molecule has 0 bridgehead atoms. The van der Waals surface area contributed by atoms with Crippen LogP contribution < -0.4 is 0 Å². The molecular formula is C12H21N3O2. The smallest absolute Gasteiger partial charge is 0.304 e. The van der Waals surface area contributed by atoms with E-state index in [1.54, 1.807) is 6.20 Å². The molecule has 0 saturated heterocycles. The minimum atomic E-state index is -0.741. The molecule has 1 aromatic heterocycles. The van der Waals surface area contributed by atoms with Crippen molar-refractivity contribution < 1.29 is 9.90 Å². The summed E-state index contributed by atoms with van der Waals surface area (Å²) in [5.41, 5.74) is 0. The monoisotopic (exact) mass is 239 g/mol. The third-order valence-electron chi connectivity index (χ3n) is 3.05. The Morgan fingerprint density at radius 1 is 1.65 bits per heavy atom. The van der Waals surface area contributed by atoms with Gasteiger partial charge in [-0.15, -0.1) is 0 Å². The summed E-state index contributed by atoms with van der Waals surface area (Å²) in [7, 11) is 0. The first-order valence-corrected chi connectivity index (χ1v) is 5.98. The molecule has 1 atom stereocenters. The van der Waals surface area contributed by atoms with Crippen LogP contribution in [0.1, 0.15) is 26.1 Å². The van der Waals surface area contributed by atoms with Gasteiger partial charge in [0.1, 0.15) is 5.82 Å². The second-order valence-corrected chi connectivity index (χ2v) is 4.24. The number of carboxylic acid groups (broad SMARTS) is 1. The number of nitrogens with zero attached hydrogens (tertiary/aromatic N) is 3. The number of hydrogen-bond acceptors (Lipinski definition) is 3. The van der Waals surface area contributed by atoms with Crippen LogP contribution in [-0.2, 0) is 11.3 Å². The van der Waals surface area contributed by atoms with E-state index in [9.17, 15) is 4.79 Å². The van der Waals surface area contributed by atoms with Gasteiger partial charge in [0, 0.05) is 31.5 Å². The van der Waals surface area contributed by atoms with Crippen molar-refractivity contribution >= 4 is 5.97 Å². The van der Waals surface area contributed by atoms with Crippen LogP contribution in [-0.4, -0.2) is 44.7 Å². The molecule has 96 valence electrons. The summed E-state index contributed by atoms with van der Waals surface area (Å²) in [6.07, 6.45) is 3.92. The van der Waals surface area contributed by atoms with Crippen molar-refractivity contribution in [1.82, 2.24) is 14.5 Å². The molecule has 0 aliphatic rings. The molecule has 5 nitrogen and oxygen atoms in total. The number of carbonyl (C=O) groups is 1. The highest BCUT2D eigenvalue weighted by molar-refractivity contribution is 5.67. The summed E-state index contributed by atoms with van der Waals surface area (Å²) in [6, 6.07) is 0.0707. The number of hydrogen-bond donors (Lipinski definition) is 1. The van der Waals surface area contributed by atoms with Crippen LogP contribution in [0.25, 0.3) is 0 Å². The first-order chi connectivity index (χ1) is 8.04. The Balaban J connectivity index is 2.47. The number of aliphatic carboxylic acids is 1. The molecule has 1 N–H and O–H groups in total. The quantitative estimate of drug-likeness (QED) is 0.781. The van der Waals surface area contributed by atoms with Gasteiger partial charge in [0.05, 0.1) is 6.42 Å². The zero-order valence-corrected chi connectivity index (χ0v) is 10.8. The van der Waals surface area contributed by atoms with Gasteiger partial charge in [0.15, 0.2) is 0 Å². The highest BCUT2D eigenvalue weighted by Crippen LogP contribution is 2.05. The maximum atomic E-state index is 10.7.